The number of hydrogen-bond donors (Lipinski definition) is 1. The van der Waals surface area contributed by atoms with Crippen molar-refractivity contribution in [3.8, 4) is 0 Å². The second kappa shape index (κ2) is 6.53. The highest BCUT2D eigenvalue weighted by atomic mass is 16.5. The lowest BCUT2D eigenvalue weighted by Crippen LogP contribution is -2.52. The van der Waals surface area contributed by atoms with Gasteiger partial charge in [-0.1, -0.05) is 19.8 Å². The zero-order chi connectivity index (χ0) is 13.0. The number of carbonyl (C=O) groups excluding carboxylic acids is 1. The molecule has 18 heavy (non-hydrogen) atoms. The SMILES string of the molecule is CCCC[C@H](N)C(=O)N1CC[C@@H]2OCCC[C@@H]2C1. The first-order chi connectivity index (χ1) is 8.72. The van der Waals surface area contributed by atoms with Gasteiger partial charge in [0.05, 0.1) is 12.1 Å². The summed E-state index contributed by atoms with van der Waals surface area (Å²) in [5.74, 6) is 0.683. The van der Waals surface area contributed by atoms with E-state index in [4.69, 9.17) is 10.5 Å². The van der Waals surface area contributed by atoms with Gasteiger partial charge in [0, 0.05) is 25.6 Å². The highest BCUT2D eigenvalue weighted by Crippen LogP contribution is 2.28. The second-order valence-corrected chi connectivity index (χ2v) is 5.63. The molecule has 1 amide bonds. The van der Waals surface area contributed by atoms with Gasteiger partial charge >= 0.3 is 0 Å². The largest absolute Gasteiger partial charge is 0.378 e. The Morgan fingerprint density at radius 3 is 3.11 bits per heavy atom. The molecule has 4 heteroatoms. The quantitative estimate of drug-likeness (QED) is 0.828. The maximum Gasteiger partial charge on any atom is 0.239 e. The number of piperidine rings is 1. The zero-order valence-electron chi connectivity index (χ0n) is 11.4. The van der Waals surface area contributed by atoms with Gasteiger partial charge in [0.15, 0.2) is 0 Å². The Balaban J connectivity index is 1.84. The first-order valence-electron chi connectivity index (χ1n) is 7.38. The summed E-state index contributed by atoms with van der Waals surface area (Å²) in [5, 5.41) is 0. The first-order valence-corrected chi connectivity index (χ1v) is 7.38. The van der Waals surface area contributed by atoms with Crippen LogP contribution in [0, 0.1) is 5.92 Å². The van der Waals surface area contributed by atoms with Gasteiger partial charge < -0.3 is 15.4 Å². The summed E-state index contributed by atoms with van der Waals surface area (Å²) >= 11 is 0. The van der Waals surface area contributed by atoms with Gasteiger partial charge in [0.1, 0.15) is 0 Å². The third kappa shape index (κ3) is 3.23. The summed E-state index contributed by atoms with van der Waals surface area (Å²) in [6.45, 7) is 4.69. The summed E-state index contributed by atoms with van der Waals surface area (Å²) < 4.78 is 5.77. The minimum atomic E-state index is -0.300. The Labute approximate surface area is 110 Å². The lowest BCUT2D eigenvalue weighted by Gasteiger charge is -2.41. The molecule has 2 aliphatic rings. The van der Waals surface area contributed by atoms with Crippen LogP contribution < -0.4 is 5.73 Å². The number of fused-ring (bicyclic) bond motifs is 1. The number of unbranched alkanes of at least 4 members (excludes halogenated alkanes) is 1. The van der Waals surface area contributed by atoms with Crippen molar-refractivity contribution in [3.63, 3.8) is 0 Å². The molecule has 2 aliphatic heterocycles. The van der Waals surface area contributed by atoms with E-state index >= 15 is 0 Å². The maximum absolute atomic E-state index is 12.2. The summed E-state index contributed by atoms with van der Waals surface area (Å²) in [4.78, 5) is 14.2. The highest BCUT2D eigenvalue weighted by Gasteiger charge is 2.34. The van der Waals surface area contributed by atoms with E-state index in [1.54, 1.807) is 0 Å². The third-order valence-electron chi connectivity index (χ3n) is 4.21. The normalized spacial score (nSPS) is 29.8. The molecule has 0 bridgehead atoms. The second-order valence-electron chi connectivity index (χ2n) is 5.63. The average Bonchev–Trinajstić information content (AvgIpc) is 2.43. The van der Waals surface area contributed by atoms with Gasteiger partial charge in [-0.3, -0.25) is 4.79 Å². The zero-order valence-corrected chi connectivity index (χ0v) is 11.4. The van der Waals surface area contributed by atoms with Crippen LogP contribution in [-0.2, 0) is 9.53 Å². The van der Waals surface area contributed by atoms with Crippen molar-refractivity contribution >= 4 is 5.91 Å². The van der Waals surface area contributed by atoms with Crippen LogP contribution in [0.4, 0.5) is 0 Å². The molecular formula is C14H26N2O2. The van der Waals surface area contributed by atoms with E-state index in [-0.39, 0.29) is 11.9 Å². The number of nitrogens with zero attached hydrogens (tertiary/aromatic N) is 1. The number of rotatable bonds is 4. The number of amides is 1. The number of ether oxygens (including phenoxy) is 1. The molecule has 0 saturated carbocycles. The number of carbonyl (C=O) groups is 1. The van der Waals surface area contributed by atoms with Crippen molar-refractivity contribution in [2.75, 3.05) is 19.7 Å². The molecule has 2 rings (SSSR count). The fourth-order valence-corrected chi connectivity index (χ4v) is 3.07. The molecule has 0 aromatic rings. The van der Waals surface area contributed by atoms with Crippen LogP contribution in [0.5, 0.6) is 0 Å². The van der Waals surface area contributed by atoms with Gasteiger partial charge in [0.2, 0.25) is 5.91 Å². The van der Waals surface area contributed by atoms with E-state index < -0.39 is 0 Å². The van der Waals surface area contributed by atoms with Crippen LogP contribution in [0.15, 0.2) is 0 Å². The maximum atomic E-state index is 12.2. The molecule has 2 saturated heterocycles. The predicted octanol–water partition coefficient (Wildman–Crippen LogP) is 1.53. The van der Waals surface area contributed by atoms with Crippen LogP contribution >= 0.6 is 0 Å². The standard InChI is InChI=1S/C14H26N2O2/c1-2-3-6-12(15)14(17)16-8-7-13-11(10-16)5-4-9-18-13/h11-13H,2-10,15H2,1H3/t11-,12+,13+/m1/s1. The lowest BCUT2D eigenvalue weighted by atomic mass is 9.88. The minimum absolute atomic E-state index is 0.146. The molecule has 0 aromatic carbocycles. The molecule has 0 spiro atoms. The van der Waals surface area contributed by atoms with E-state index in [9.17, 15) is 4.79 Å². The van der Waals surface area contributed by atoms with Crippen molar-refractivity contribution < 1.29 is 9.53 Å². The highest BCUT2D eigenvalue weighted by molar-refractivity contribution is 5.81. The van der Waals surface area contributed by atoms with Crippen LogP contribution in [0.3, 0.4) is 0 Å². The molecule has 4 nitrogen and oxygen atoms in total. The van der Waals surface area contributed by atoms with Crippen molar-refractivity contribution in [2.24, 2.45) is 11.7 Å². The van der Waals surface area contributed by atoms with Crippen molar-refractivity contribution in [1.29, 1.82) is 0 Å². The summed E-state index contributed by atoms with van der Waals surface area (Å²) in [7, 11) is 0. The number of hydrogen-bond acceptors (Lipinski definition) is 3. The van der Waals surface area contributed by atoms with E-state index in [1.807, 2.05) is 4.90 Å². The van der Waals surface area contributed by atoms with Crippen LogP contribution in [-0.4, -0.2) is 42.6 Å². The molecule has 104 valence electrons. The molecule has 0 radical (unpaired) electrons. The lowest BCUT2D eigenvalue weighted by molar-refractivity contribution is -0.140. The smallest absolute Gasteiger partial charge is 0.239 e. The van der Waals surface area contributed by atoms with E-state index in [1.165, 1.54) is 6.42 Å². The van der Waals surface area contributed by atoms with Crippen molar-refractivity contribution in [3.05, 3.63) is 0 Å². The van der Waals surface area contributed by atoms with Gasteiger partial charge in [0.25, 0.3) is 0 Å². The molecule has 0 aromatic heterocycles. The number of nitrogens with two attached hydrogens (primary N) is 1. The Kier molecular flexibility index (Phi) is 5.01. The Bertz CT molecular complexity index is 283. The molecule has 0 unspecified atom stereocenters. The van der Waals surface area contributed by atoms with Gasteiger partial charge in [-0.2, -0.15) is 0 Å². The Hall–Kier alpha value is -0.610. The predicted molar refractivity (Wildman–Crippen MR) is 71.2 cm³/mol. The van der Waals surface area contributed by atoms with E-state index in [0.29, 0.717) is 12.0 Å². The number of likely N-dealkylation sites (tertiary alicyclic amines) is 1. The third-order valence-corrected chi connectivity index (χ3v) is 4.21. The summed E-state index contributed by atoms with van der Waals surface area (Å²) in [5.41, 5.74) is 5.98. The van der Waals surface area contributed by atoms with Gasteiger partial charge in [-0.15, -0.1) is 0 Å². The van der Waals surface area contributed by atoms with E-state index in [2.05, 4.69) is 6.92 Å². The molecular weight excluding hydrogens is 228 g/mol. The van der Waals surface area contributed by atoms with Crippen LogP contribution in [0.2, 0.25) is 0 Å². The van der Waals surface area contributed by atoms with Crippen molar-refractivity contribution in [2.45, 2.75) is 57.6 Å². The van der Waals surface area contributed by atoms with Crippen LogP contribution in [0.1, 0.15) is 45.4 Å². The first kappa shape index (κ1) is 13.8. The minimum Gasteiger partial charge on any atom is -0.378 e. The molecule has 3 atom stereocenters. The topological polar surface area (TPSA) is 55.6 Å². The fourth-order valence-electron chi connectivity index (χ4n) is 3.07. The average molecular weight is 254 g/mol. The monoisotopic (exact) mass is 254 g/mol. The molecule has 2 heterocycles. The van der Waals surface area contributed by atoms with Crippen molar-refractivity contribution in [1.82, 2.24) is 4.90 Å². The Morgan fingerprint density at radius 1 is 1.50 bits per heavy atom. The molecule has 0 aliphatic carbocycles. The fraction of sp³-hybridized carbons (Fsp3) is 0.929. The van der Waals surface area contributed by atoms with Crippen LogP contribution in [0.25, 0.3) is 0 Å². The van der Waals surface area contributed by atoms with Gasteiger partial charge in [-0.05, 0) is 25.7 Å². The Morgan fingerprint density at radius 2 is 2.33 bits per heavy atom. The summed E-state index contributed by atoms with van der Waals surface area (Å²) in [6.07, 6.45) is 6.64. The van der Waals surface area contributed by atoms with Gasteiger partial charge in [-0.25, -0.2) is 0 Å². The molecule has 2 N–H and O–H groups in total. The van der Waals surface area contributed by atoms with E-state index in [0.717, 1.165) is 51.8 Å². The molecule has 2 fully saturated rings. The summed E-state index contributed by atoms with van der Waals surface area (Å²) in [6, 6.07) is -0.300.